The van der Waals surface area contributed by atoms with Gasteiger partial charge in [0.2, 0.25) is 10.0 Å². The van der Waals surface area contributed by atoms with E-state index >= 15 is 0 Å². The van der Waals surface area contributed by atoms with Crippen molar-refractivity contribution < 1.29 is 12.8 Å². The van der Waals surface area contributed by atoms with Gasteiger partial charge in [0.05, 0.1) is 4.90 Å². The van der Waals surface area contributed by atoms with E-state index in [1.807, 2.05) is 0 Å². The molecular weight excluding hydrogens is 255 g/mol. The Bertz CT molecular complexity index is 541. The van der Waals surface area contributed by atoms with Crippen LogP contribution in [0.2, 0.25) is 0 Å². The Kier molecular flexibility index (Phi) is 4.15. The van der Waals surface area contributed by atoms with Gasteiger partial charge in [-0.3, -0.25) is 0 Å². The van der Waals surface area contributed by atoms with Gasteiger partial charge in [-0.15, -0.1) is 0 Å². The number of halogens is 1. The van der Waals surface area contributed by atoms with Crippen LogP contribution in [-0.2, 0) is 10.0 Å². The molecule has 0 aliphatic carbocycles. The number of sulfonamides is 1. The normalized spacial score (nSPS) is 13.1. The predicted octanol–water partition coefficient (Wildman–Crippen LogP) is 1.49. The number of likely N-dealkylation sites (N-methyl/N-ethyl adjacent to an activating group) is 1. The van der Waals surface area contributed by atoms with E-state index in [-0.39, 0.29) is 11.4 Å². The third-order valence-corrected chi connectivity index (χ3v) is 5.35. The molecule has 0 aliphatic rings. The van der Waals surface area contributed by atoms with Gasteiger partial charge in [-0.1, -0.05) is 6.07 Å². The average Bonchev–Trinajstić information content (AvgIpc) is 2.31. The molecule has 0 heterocycles. The molecule has 1 rings (SSSR count). The lowest BCUT2D eigenvalue weighted by molar-refractivity contribution is 0.273. The fourth-order valence-corrected chi connectivity index (χ4v) is 3.21. The summed E-state index contributed by atoms with van der Waals surface area (Å²) in [6, 6.07) is 3.72. The molecule has 0 saturated heterocycles. The Morgan fingerprint density at radius 2 is 1.94 bits per heavy atom. The minimum Gasteiger partial charge on any atom is -0.329 e. The molecule has 0 aromatic heterocycles. The van der Waals surface area contributed by atoms with E-state index in [1.165, 1.54) is 23.5 Å². The van der Waals surface area contributed by atoms with Gasteiger partial charge < -0.3 is 5.73 Å². The zero-order chi connectivity index (χ0) is 14.1. The number of benzene rings is 1. The molecule has 6 heteroatoms. The Morgan fingerprint density at radius 3 is 2.44 bits per heavy atom. The van der Waals surface area contributed by atoms with Crippen LogP contribution in [0.1, 0.15) is 19.4 Å². The molecule has 0 bridgehead atoms. The minimum absolute atomic E-state index is 0.0217. The van der Waals surface area contributed by atoms with Crippen molar-refractivity contribution in [2.75, 3.05) is 13.6 Å². The molecule has 0 aliphatic heterocycles. The highest BCUT2D eigenvalue weighted by molar-refractivity contribution is 7.89. The van der Waals surface area contributed by atoms with Gasteiger partial charge in [0.25, 0.3) is 0 Å². The summed E-state index contributed by atoms with van der Waals surface area (Å²) in [7, 11) is -2.30. The van der Waals surface area contributed by atoms with E-state index < -0.39 is 21.4 Å². The van der Waals surface area contributed by atoms with Crippen LogP contribution < -0.4 is 5.73 Å². The van der Waals surface area contributed by atoms with Crippen LogP contribution in [0.15, 0.2) is 23.1 Å². The standard InChI is InChI=1S/C12H19FN2O2S/c1-9-5-6-10(13)7-11(9)18(16,17)15(4)12(2,3)8-14/h5-7H,8,14H2,1-4H3. The zero-order valence-electron chi connectivity index (χ0n) is 11.1. The number of nitrogens with two attached hydrogens (primary N) is 1. The highest BCUT2D eigenvalue weighted by atomic mass is 32.2. The highest BCUT2D eigenvalue weighted by Gasteiger charge is 2.33. The molecule has 0 atom stereocenters. The Labute approximate surface area is 108 Å². The lowest BCUT2D eigenvalue weighted by Gasteiger charge is -2.33. The molecule has 0 amide bonds. The van der Waals surface area contributed by atoms with Crippen molar-refractivity contribution in [3.63, 3.8) is 0 Å². The summed E-state index contributed by atoms with van der Waals surface area (Å²) in [6.07, 6.45) is 0. The summed E-state index contributed by atoms with van der Waals surface area (Å²) in [5, 5.41) is 0. The maximum absolute atomic E-state index is 13.2. The number of nitrogens with zero attached hydrogens (tertiary/aromatic N) is 1. The van der Waals surface area contributed by atoms with E-state index in [0.29, 0.717) is 5.56 Å². The summed E-state index contributed by atoms with van der Waals surface area (Å²) in [5.74, 6) is -0.571. The van der Waals surface area contributed by atoms with Crippen LogP contribution in [0.5, 0.6) is 0 Å². The van der Waals surface area contributed by atoms with Crippen molar-refractivity contribution in [1.82, 2.24) is 4.31 Å². The van der Waals surface area contributed by atoms with Gasteiger partial charge in [0.1, 0.15) is 5.82 Å². The second-order valence-corrected chi connectivity index (χ2v) is 6.84. The summed E-state index contributed by atoms with van der Waals surface area (Å²) in [6.45, 7) is 5.26. The van der Waals surface area contributed by atoms with E-state index in [1.54, 1.807) is 20.8 Å². The van der Waals surface area contributed by atoms with Gasteiger partial charge in [-0.2, -0.15) is 4.31 Å². The van der Waals surface area contributed by atoms with Gasteiger partial charge in [-0.05, 0) is 38.5 Å². The SMILES string of the molecule is Cc1ccc(F)cc1S(=O)(=O)N(C)C(C)(C)CN. The number of hydrogen-bond donors (Lipinski definition) is 1. The largest absolute Gasteiger partial charge is 0.329 e. The lowest BCUT2D eigenvalue weighted by Crippen LogP contribution is -2.49. The molecule has 18 heavy (non-hydrogen) atoms. The fraction of sp³-hybridized carbons (Fsp3) is 0.500. The number of rotatable bonds is 4. The third-order valence-electron chi connectivity index (χ3n) is 3.14. The molecule has 1 aromatic carbocycles. The summed E-state index contributed by atoms with van der Waals surface area (Å²) < 4.78 is 39.2. The van der Waals surface area contributed by atoms with Crippen molar-refractivity contribution >= 4 is 10.0 Å². The molecule has 0 spiro atoms. The van der Waals surface area contributed by atoms with E-state index in [0.717, 1.165) is 6.07 Å². The van der Waals surface area contributed by atoms with Crippen LogP contribution >= 0.6 is 0 Å². The van der Waals surface area contributed by atoms with Crippen LogP contribution in [-0.4, -0.2) is 31.9 Å². The Morgan fingerprint density at radius 1 is 1.39 bits per heavy atom. The molecule has 0 fully saturated rings. The Hall–Kier alpha value is -0.980. The van der Waals surface area contributed by atoms with Crippen molar-refractivity contribution in [3.8, 4) is 0 Å². The van der Waals surface area contributed by atoms with Crippen molar-refractivity contribution in [1.29, 1.82) is 0 Å². The molecule has 0 radical (unpaired) electrons. The van der Waals surface area contributed by atoms with Gasteiger partial charge in [0, 0.05) is 19.1 Å². The first kappa shape index (κ1) is 15.1. The molecule has 1 aromatic rings. The van der Waals surface area contributed by atoms with Crippen molar-refractivity contribution in [3.05, 3.63) is 29.6 Å². The van der Waals surface area contributed by atoms with Gasteiger partial charge in [0.15, 0.2) is 0 Å². The molecule has 2 N–H and O–H groups in total. The van der Waals surface area contributed by atoms with Crippen molar-refractivity contribution in [2.24, 2.45) is 5.73 Å². The fourth-order valence-electron chi connectivity index (χ4n) is 1.45. The first-order valence-corrected chi connectivity index (χ1v) is 7.02. The molecule has 4 nitrogen and oxygen atoms in total. The molecule has 0 unspecified atom stereocenters. The molecule has 0 saturated carbocycles. The van der Waals surface area contributed by atoms with E-state index in [9.17, 15) is 12.8 Å². The van der Waals surface area contributed by atoms with E-state index in [2.05, 4.69) is 0 Å². The van der Waals surface area contributed by atoms with Crippen LogP contribution in [0.4, 0.5) is 4.39 Å². The maximum Gasteiger partial charge on any atom is 0.243 e. The van der Waals surface area contributed by atoms with Crippen LogP contribution in [0, 0.1) is 12.7 Å². The second-order valence-electron chi connectivity index (χ2n) is 4.90. The smallest absolute Gasteiger partial charge is 0.243 e. The first-order chi connectivity index (χ1) is 8.13. The number of aryl methyl sites for hydroxylation is 1. The third kappa shape index (κ3) is 2.71. The maximum atomic E-state index is 13.2. The summed E-state index contributed by atoms with van der Waals surface area (Å²) >= 11 is 0. The minimum atomic E-state index is -3.75. The van der Waals surface area contributed by atoms with Crippen LogP contribution in [0.3, 0.4) is 0 Å². The quantitative estimate of drug-likeness (QED) is 0.905. The topological polar surface area (TPSA) is 63.4 Å². The van der Waals surface area contributed by atoms with Gasteiger partial charge >= 0.3 is 0 Å². The zero-order valence-corrected chi connectivity index (χ0v) is 11.9. The van der Waals surface area contributed by atoms with Crippen molar-refractivity contribution in [2.45, 2.75) is 31.2 Å². The predicted molar refractivity (Wildman–Crippen MR) is 69.2 cm³/mol. The van der Waals surface area contributed by atoms with E-state index in [4.69, 9.17) is 5.73 Å². The first-order valence-electron chi connectivity index (χ1n) is 5.58. The number of hydrogen-bond acceptors (Lipinski definition) is 3. The molecular formula is C12H19FN2O2S. The monoisotopic (exact) mass is 274 g/mol. The summed E-state index contributed by atoms with van der Waals surface area (Å²) in [4.78, 5) is -0.0217. The molecule has 102 valence electrons. The average molecular weight is 274 g/mol. The highest BCUT2D eigenvalue weighted by Crippen LogP contribution is 2.25. The second kappa shape index (κ2) is 4.95. The summed E-state index contributed by atoms with van der Waals surface area (Å²) in [5.41, 5.74) is 5.36. The van der Waals surface area contributed by atoms with Gasteiger partial charge in [-0.25, -0.2) is 12.8 Å². The van der Waals surface area contributed by atoms with Crippen LogP contribution in [0.25, 0.3) is 0 Å². The Balaban J connectivity index is 3.34. The lowest BCUT2D eigenvalue weighted by atomic mass is 10.1.